The fraction of sp³-hybridized carbons (Fsp3) is 0.231. The van der Waals surface area contributed by atoms with E-state index in [1.807, 2.05) is 38.1 Å². The maximum atomic E-state index is 12.0. The molecule has 0 spiro atoms. The number of hydrogen-bond donors (Lipinski definition) is 3. The van der Waals surface area contributed by atoms with E-state index in [2.05, 4.69) is 36.6 Å². The topological polar surface area (TPSA) is 72.7 Å². The summed E-state index contributed by atoms with van der Waals surface area (Å²) >= 11 is 0. The minimum atomic E-state index is -0.945. The molecule has 0 unspecified atom stereocenters. The quantitative estimate of drug-likeness (QED) is 0.241. The van der Waals surface area contributed by atoms with Gasteiger partial charge >= 0.3 is 17.1 Å². The molecule has 0 aliphatic heterocycles. The second kappa shape index (κ2) is 8.26. The summed E-state index contributed by atoms with van der Waals surface area (Å²) in [6.07, 6.45) is 0. The third-order valence-corrected chi connectivity index (χ3v) is 5.57. The first-order chi connectivity index (χ1) is 14.9. The van der Waals surface area contributed by atoms with Gasteiger partial charge in [0.05, 0.1) is 28.5 Å². The van der Waals surface area contributed by atoms with Gasteiger partial charge < -0.3 is 15.7 Å². The van der Waals surface area contributed by atoms with Crippen LogP contribution < -0.4 is 10.6 Å². The van der Waals surface area contributed by atoms with Crippen molar-refractivity contribution in [1.29, 1.82) is 0 Å². The highest BCUT2D eigenvalue weighted by Gasteiger charge is 2.25. The number of aryl methyl sites for hydroxylation is 2. The maximum Gasteiger partial charge on any atom is 0.363 e. The number of aromatic carboxylic acids is 1. The molecular formula is C26H27N2O3+. The van der Waals surface area contributed by atoms with Crippen LogP contribution in [0.4, 0.5) is 11.4 Å². The van der Waals surface area contributed by atoms with Gasteiger partial charge in [0.15, 0.2) is 0 Å². The summed E-state index contributed by atoms with van der Waals surface area (Å²) in [6.45, 7) is 9.82. The summed E-state index contributed by atoms with van der Waals surface area (Å²) in [5, 5.41) is 18.4. The van der Waals surface area contributed by atoms with Crippen LogP contribution >= 0.6 is 0 Å². The lowest BCUT2D eigenvalue weighted by molar-refractivity contribution is 0.0697. The van der Waals surface area contributed by atoms with E-state index in [0.29, 0.717) is 5.56 Å². The van der Waals surface area contributed by atoms with E-state index >= 15 is 0 Å². The van der Waals surface area contributed by atoms with Crippen LogP contribution in [0.15, 0.2) is 52.9 Å². The van der Waals surface area contributed by atoms with E-state index in [0.717, 1.165) is 63.1 Å². The Balaban J connectivity index is 2.17. The molecule has 0 saturated heterocycles. The minimum absolute atomic E-state index is 0.276. The predicted octanol–water partition coefficient (Wildman–Crippen LogP) is 6.71. The third-order valence-electron chi connectivity index (χ3n) is 5.57. The van der Waals surface area contributed by atoms with Crippen molar-refractivity contribution in [2.75, 3.05) is 23.7 Å². The molecule has 158 valence electrons. The average molecular weight is 416 g/mol. The fourth-order valence-corrected chi connectivity index (χ4v) is 4.14. The van der Waals surface area contributed by atoms with Crippen LogP contribution in [-0.4, -0.2) is 24.2 Å². The molecule has 0 fully saturated rings. The number of benzene rings is 3. The van der Waals surface area contributed by atoms with Gasteiger partial charge in [0.25, 0.3) is 0 Å². The summed E-state index contributed by atoms with van der Waals surface area (Å²) < 4.78 is 6.37. The summed E-state index contributed by atoms with van der Waals surface area (Å²) in [6, 6.07) is 15.3. The predicted molar refractivity (Wildman–Crippen MR) is 128 cm³/mol. The van der Waals surface area contributed by atoms with Crippen LogP contribution in [0, 0.1) is 13.8 Å². The van der Waals surface area contributed by atoms with E-state index in [1.165, 1.54) is 0 Å². The average Bonchev–Trinajstić information content (AvgIpc) is 2.74. The molecule has 1 heterocycles. The second-order valence-electron chi connectivity index (χ2n) is 7.72. The lowest BCUT2D eigenvalue weighted by Gasteiger charge is -2.13. The minimum Gasteiger partial charge on any atom is -0.478 e. The largest absolute Gasteiger partial charge is 0.478 e. The normalized spacial score (nSPS) is 11.1. The highest BCUT2D eigenvalue weighted by atomic mass is 16.4. The molecule has 5 nitrogen and oxygen atoms in total. The van der Waals surface area contributed by atoms with Crippen molar-refractivity contribution < 1.29 is 14.3 Å². The number of rotatable bonds is 6. The molecule has 31 heavy (non-hydrogen) atoms. The van der Waals surface area contributed by atoms with E-state index < -0.39 is 5.97 Å². The second-order valence-corrected chi connectivity index (χ2v) is 7.72. The van der Waals surface area contributed by atoms with Gasteiger partial charge in [0.1, 0.15) is 0 Å². The zero-order chi connectivity index (χ0) is 22.1. The van der Waals surface area contributed by atoms with Crippen molar-refractivity contribution in [2.24, 2.45) is 0 Å². The van der Waals surface area contributed by atoms with Crippen molar-refractivity contribution >= 4 is 39.3 Å². The highest BCUT2D eigenvalue weighted by Crippen LogP contribution is 2.41. The summed E-state index contributed by atoms with van der Waals surface area (Å²) in [4.78, 5) is 12.0. The number of carbonyl (C=O) groups is 1. The van der Waals surface area contributed by atoms with Gasteiger partial charge in [-0.1, -0.05) is 18.2 Å². The lowest BCUT2D eigenvalue weighted by Crippen LogP contribution is -2.02. The first-order valence-electron chi connectivity index (χ1n) is 10.6. The molecule has 3 N–H and O–H groups in total. The lowest BCUT2D eigenvalue weighted by atomic mass is 9.91. The van der Waals surface area contributed by atoms with Crippen molar-refractivity contribution in [2.45, 2.75) is 27.7 Å². The molecule has 0 amide bonds. The fourth-order valence-electron chi connectivity index (χ4n) is 4.14. The standard InChI is InChI=1S/C26H26N2O3/c1-5-27-21-13-23-19(11-15(21)3)25(17-9-7-8-10-18(17)26(29)30)20-12-16(4)22(28-6-2)14-24(20)31-23/h7-14,27-28H,5-6H2,1-4H3/p+1. The van der Waals surface area contributed by atoms with Crippen molar-refractivity contribution in [3.05, 3.63) is 65.2 Å². The zero-order valence-electron chi connectivity index (χ0n) is 18.3. The number of hydrogen-bond acceptors (Lipinski definition) is 3. The van der Waals surface area contributed by atoms with Gasteiger partial charge in [0.2, 0.25) is 0 Å². The third kappa shape index (κ3) is 3.67. The first kappa shape index (κ1) is 20.7. The maximum absolute atomic E-state index is 12.0. The van der Waals surface area contributed by atoms with Gasteiger partial charge in [-0.15, -0.1) is 0 Å². The van der Waals surface area contributed by atoms with Crippen LogP contribution in [0.2, 0.25) is 0 Å². The Bertz CT molecular complexity index is 1240. The van der Waals surface area contributed by atoms with Crippen LogP contribution in [0.5, 0.6) is 0 Å². The van der Waals surface area contributed by atoms with E-state index in [9.17, 15) is 9.90 Å². The molecule has 0 bridgehead atoms. The molecule has 4 aromatic rings. The molecule has 0 radical (unpaired) electrons. The molecule has 0 aliphatic rings. The Morgan fingerprint density at radius 2 is 1.39 bits per heavy atom. The number of carboxylic acid groups (broad SMARTS) is 1. The number of carboxylic acids is 1. The number of anilines is 2. The molecule has 4 rings (SSSR count). The molecule has 0 saturated carbocycles. The first-order valence-corrected chi connectivity index (χ1v) is 10.6. The van der Waals surface area contributed by atoms with E-state index in [4.69, 9.17) is 4.42 Å². The SMILES string of the molecule is CCNc1cc2[o+]c3cc(NCC)c(C)cc3c(-c3ccccc3C(=O)O)c2cc1C. The zero-order valence-corrected chi connectivity index (χ0v) is 18.3. The van der Waals surface area contributed by atoms with Crippen molar-refractivity contribution in [3.63, 3.8) is 0 Å². The van der Waals surface area contributed by atoms with Gasteiger partial charge in [-0.2, -0.15) is 0 Å². The monoisotopic (exact) mass is 415 g/mol. The molecule has 3 aromatic carbocycles. The number of nitrogens with one attached hydrogen (secondary N) is 2. The van der Waals surface area contributed by atoms with E-state index in [-0.39, 0.29) is 5.56 Å². The van der Waals surface area contributed by atoms with Gasteiger partial charge in [-0.3, -0.25) is 0 Å². The molecule has 1 aromatic heterocycles. The Hall–Kier alpha value is -3.60. The van der Waals surface area contributed by atoms with Crippen LogP contribution in [0.25, 0.3) is 33.1 Å². The molecule has 0 aliphatic carbocycles. The molecule has 5 heteroatoms. The summed E-state index contributed by atoms with van der Waals surface area (Å²) in [5.41, 5.74) is 7.46. The van der Waals surface area contributed by atoms with Gasteiger partial charge in [0, 0.05) is 30.0 Å². The molecular weight excluding hydrogens is 388 g/mol. The number of fused-ring (bicyclic) bond motifs is 2. The van der Waals surface area contributed by atoms with Crippen LogP contribution in [0.3, 0.4) is 0 Å². The van der Waals surface area contributed by atoms with Crippen molar-refractivity contribution in [1.82, 2.24) is 0 Å². The Morgan fingerprint density at radius 1 is 0.871 bits per heavy atom. The Morgan fingerprint density at radius 3 is 1.87 bits per heavy atom. The highest BCUT2D eigenvalue weighted by molar-refractivity contribution is 6.13. The van der Waals surface area contributed by atoms with Crippen LogP contribution in [-0.2, 0) is 0 Å². The Kier molecular flexibility index (Phi) is 5.51. The summed E-state index contributed by atoms with van der Waals surface area (Å²) in [7, 11) is 0. The smallest absolute Gasteiger partial charge is 0.363 e. The van der Waals surface area contributed by atoms with Gasteiger partial charge in [-0.25, -0.2) is 9.21 Å². The van der Waals surface area contributed by atoms with E-state index in [1.54, 1.807) is 12.1 Å². The van der Waals surface area contributed by atoms with Crippen molar-refractivity contribution in [3.8, 4) is 11.1 Å². The molecule has 0 atom stereocenters. The Labute approximate surface area is 181 Å². The van der Waals surface area contributed by atoms with Gasteiger partial charge in [-0.05, 0) is 62.6 Å². The van der Waals surface area contributed by atoms with Crippen LogP contribution in [0.1, 0.15) is 35.3 Å². The summed E-state index contributed by atoms with van der Waals surface area (Å²) in [5.74, 6) is -0.945.